The minimum Gasteiger partial charge on any atom is -0.311 e. The first-order valence-electron chi connectivity index (χ1n) is 7.80. The van der Waals surface area contributed by atoms with Crippen molar-refractivity contribution in [3.63, 3.8) is 0 Å². The van der Waals surface area contributed by atoms with Crippen molar-refractivity contribution in [2.45, 2.75) is 12.7 Å². The summed E-state index contributed by atoms with van der Waals surface area (Å²) in [6.07, 6.45) is -4.75. The van der Waals surface area contributed by atoms with Crippen LogP contribution < -0.4 is 5.32 Å². The van der Waals surface area contributed by atoms with Crippen LogP contribution in [0.15, 0.2) is 36.4 Å². The summed E-state index contributed by atoms with van der Waals surface area (Å²) in [5.41, 5.74) is 0.384. The molecule has 144 valence electrons. The smallest absolute Gasteiger partial charge is 0.311 e. The van der Waals surface area contributed by atoms with E-state index in [0.717, 1.165) is 28.0 Å². The zero-order chi connectivity index (χ0) is 20.1. The second kappa shape index (κ2) is 6.51. The lowest BCUT2D eigenvalue weighted by atomic mass is 10.3. The molecule has 0 saturated heterocycles. The standard InChI is InChI=1S/C17H9F5N4OS/c18-8-5-11-13(6-9(8)19)28-16(24-11)25-14(27)7-26-12-4-2-1-3-10(12)23-15(26)17(20,21)22/h1-6H,7H2,(H,24,25,27). The van der Waals surface area contributed by atoms with Crippen LogP contribution in [0.4, 0.5) is 27.1 Å². The lowest BCUT2D eigenvalue weighted by Crippen LogP contribution is -2.23. The van der Waals surface area contributed by atoms with E-state index in [1.54, 1.807) is 6.07 Å². The highest BCUT2D eigenvalue weighted by molar-refractivity contribution is 7.22. The number of aromatic nitrogens is 3. The highest BCUT2D eigenvalue weighted by Crippen LogP contribution is 2.32. The Labute approximate surface area is 157 Å². The van der Waals surface area contributed by atoms with Gasteiger partial charge in [0, 0.05) is 6.07 Å². The number of fused-ring (bicyclic) bond motifs is 2. The topological polar surface area (TPSA) is 59.8 Å². The molecular weight excluding hydrogens is 403 g/mol. The monoisotopic (exact) mass is 412 g/mol. The van der Waals surface area contributed by atoms with Crippen LogP contribution in [-0.2, 0) is 17.5 Å². The third kappa shape index (κ3) is 3.28. The van der Waals surface area contributed by atoms with Crippen molar-refractivity contribution in [2.75, 3.05) is 5.32 Å². The van der Waals surface area contributed by atoms with E-state index in [9.17, 15) is 26.7 Å². The predicted molar refractivity (Wildman–Crippen MR) is 92.9 cm³/mol. The van der Waals surface area contributed by atoms with E-state index in [1.807, 2.05) is 0 Å². The molecule has 0 radical (unpaired) electrons. The average molecular weight is 412 g/mol. The van der Waals surface area contributed by atoms with Crippen molar-refractivity contribution < 1.29 is 26.7 Å². The molecule has 0 unspecified atom stereocenters. The van der Waals surface area contributed by atoms with Gasteiger partial charge in [-0.05, 0) is 18.2 Å². The minimum atomic E-state index is -4.75. The van der Waals surface area contributed by atoms with Gasteiger partial charge in [0.05, 0.1) is 21.3 Å². The number of thiazole rings is 1. The molecule has 0 atom stereocenters. The molecule has 1 N–H and O–H groups in total. The number of carbonyl (C=O) groups is 1. The zero-order valence-corrected chi connectivity index (χ0v) is 14.5. The lowest BCUT2D eigenvalue weighted by Gasteiger charge is -2.10. The number of hydrogen-bond donors (Lipinski definition) is 1. The predicted octanol–water partition coefficient (Wildman–Crippen LogP) is 4.58. The Morgan fingerprint density at radius 1 is 1.07 bits per heavy atom. The van der Waals surface area contributed by atoms with E-state index in [0.29, 0.717) is 4.70 Å². The summed E-state index contributed by atoms with van der Waals surface area (Å²) < 4.78 is 67.4. The van der Waals surface area contributed by atoms with Crippen molar-refractivity contribution in [1.29, 1.82) is 0 Å². The zero-order valence-electron chi connectivity index (χ0n) is 13.7. The van der Waals surface area contributed by atoms with Gasteiger partial charge in [-0.25, -0.2) is 18.7 Å². The van der Waals surface area contributed by atoms with Crippen molar-refractivity contribution in [3.8, 4) is 0 Å². The molecule has 0 aliphatic rings. The van der Waals surface area contributed by atoms with Crippen LogP contribution in [0.1, 0.15) is 5.82 Å². The van der Waals surface area contributed by atoms with Gasteiger partial charge in [0.1, 0.15) is 6.54 Å². The summed E-state index contributed by atoms with van der Waals surface area (Å²) in [5, 5.41) is 2.38. The molecule has 0 saturated carbocycles. The fourth-order valence-electron chi connectivity index (χ4n) is 2.73. The third-order valence-corrected chi connectivity index (χ3v) is 4.82. The van der Waals surface area contributed by atoms with E-state index in [1.165, 1.54) is 18.2 Å². The molecule has 4 aromatic rings. The number of rotatable bonds is 3. The van der Waals surface area contributed by atoms with Crippen LogP contribution in [0.2, 0.25) is 0 Å². The van der Waals surface area contributed by atoms with Gasteiger partial charge in [-0.15, -0.1) is 0 Å². The summed E-state index contributed by atoms with van der Waals surface area (Å²) in [6.45, 7) is -0.659. The highest BCUT2D eigenvalue weighted by Gasteiger charge is 2.38. The average Bonchev–Trinajstić information content (AvgIpc) is 3.16. The molecule has 28 heavy (non-hydrogen) atoms. The number of anilines is 1. The molecule has 0 spiro atoms. The molecule has 2 heterocycles. The Morgan fingerprint density at radius 3 is 2.54 bits per heavy atom. The Balaban J connectivity index is 1.64. The number of para-hydroxylation sites is 2. The molecule has 1 amide bonds. The number of nitrogens with one attached hydrogen (secondary N) is 1. The number of hydrogen-bond acceptors (Lipinski definition) is 4. The number of alkyl halides is 3. The van der Waals surface area contributed by atoms with Crippen LogP contribution in [0, 0.1) is 11.6 Å². The minimum absolute atomic E-state index is 0.0166. The number of imidazole rings is 1. The van der Waals surface area contributed by atoms with Crippen molar-refractivity contribution in [2.24, 2.45) is 0 Å². The Morgan fingerprint density at radius 2 is 1.79 bits per heavy atom. The van der Waals surface area contributed by atoms with Gasteiger partial charge in [-0.2, -0.15) is 13.2 Å². The second-order valence-corrected chi connectivity index (χ2v) is 6.84. The van der Waals surface area contributed by atoms with Gasteiger partial charge >= 0.3 is 6.18 Å². The molecule has 5 nitrogen and oxygen atoms in total. The van der Waals surface area contributed by atoms with Gasteiger partial charge < -0.3 is 9.88 Å². The quantitative estimate of drug-likeness (QED) is 0.501. The normalized spacial score (nSPS) is 12.0. The summed E-state index contributed by atoms with van der Waals surface area (Å²) in [6, 6.07) is 7.73. The van der Waals surface area contributed by atoms with Crippen LogP contribution in [-0.4, -0.2) is 20.4 Å². The fourth-order valence-corrected chi connectivity index (χ4v) is 3.62. The highest BCUT2D eigenvalue weighted by atomic mass is 32.1. The van der Waals surface area contributed by atoms with Crippen LogP contribution in [0.5, 0.6) is 0 Å². The second-order valence-electron chi connectivity index (χ2n) is 5.81. The number of nitrogens with zero attached hydrogens (tertiary/aromatic N) is 3. The summed E-state index contributed by atoms with van der Waals surface area (Å²) in [4.78, 5) is 19.8. The third-order valence-electron chi connectivity index (χ3n) is 3.89. The first-order valence-corrected chi connectivity index (χ1v) is 8.62. The van der Waals surface area contributed by atoms with Crippen LogP contribution in [0.3, 0.4) is 0 Å². The van der Waals surface area contributed by atoms with Gasteiger partial charge in [-0.3, -0.25) is 4.79 Å². The number of carbonyl (C=O) groups excluding carboxylic acids is 1. The Bertz CT molecular complexity index is 1170. The largest absolute Gasteiger partial charge is 0.449 e. The van der Waals surface area contributed by atoms with Crippen molar-refractivity contribution in [1.82, 2.24) is 14.5 Å². The number of amides is 1. The first kappa shape index (κ1) is 18.3. The van der Waals surface area contributed by atoms with E-state index in [2.05, 4.69) is 15.3 Å². The van der Waals surface area contributed by atoms with Crippen LogP contribution in [0.25, 0.3) is 21.3 Å². The van der Waals surface area contributed by atoms with Gasteiger partial charge in [-0.1, -0.05) is 23.5 Å². The number of halogens is 5. The van der Waals surface area contributed by atoms with Gasteiger partial charge in [0.2, 0.25) is 11.7 Å². The SMILES string of the molecule is O=C(Cn1c(C(F)(F)F)nc2ccccc21)Nc1nc2cc(F)c(F)cc2s1. The van der Waals surface area contributed by atoms with Gasteiger partial charge in [0.25, 0.3) is 0 Å². The first-order chi connectivity index (χ1) is 13.2. The summed E-state index contributed by atoms with van der Waals surface area (Å²) >= 11 is 0.878. The maximum atomic E-state index is 13.3. The van der Waals surface area contributed by atoms with Crippen molar-refractivity contribution >= 4 is 43.6 Å². The van der Waals surface area contributed by atoms with E-state index in [4.69, 9.17) is 0 Å². The molecule has 0 aliphatic heterocycles. The molecule has 2 aromatic heterocycles. The molecule has 0 fully saturated rings. The maximum absolute atomic E-state index is 13.3. The molecule has 0 bridgehead atoms. The van der Waals surface area contributed by atoms with E-state index >= 15 is 0 Å². The van der Waals surface area contributed by atoms with E-state index in [-0.39, 0.29) is 21.7 Å². The maximum Gasteiger partial charge on any atom is 0.449 e. The fraction of sp³-hybridized carbons (Fsp3) is 0.118. The lowest BCUT2D eigenvalue weighted by molar-refractivity contribution is -0.147. The summed E-state index contributed by atoms with van der Waals surface area (Å²) in [5.74, 6) is -4.13. The molecular formula is C17H9F5N4OS. The number of benzene rings is 2. The Kier molecular flexibility index (Phi) is 4.26. The molecule has 4 rings (SSSR count). The van der Waals surface area contributed by atoms with Crippen LogP contribution >= 0.6 is 11.3 Å². The Hall–Kier alpha value is -3.08. The molecule has 2 aromatic carbocycles. The molecule has 11 heteroatoms. The summed E-state index contributed by atoms with van der Waals surface area (Å²) in [7, 11) is 0. The van der Waals surface area contributed by atoms with E-state index < -0.39 is 36.1 Å². The molecule has 0 aliphatic carbocycles. The van der Waals surface area contributed by atoms with Crippen molar-refractivity contribution in [3.05, 3.63) is 53.9 Å². The van der Waals surface area contributed by atoms with Gasteiger partial charge in [0.15, 0.2) is 16.8 Å².